The van der Waals surface area contributed by atoms with Crippen molar-refractivity contribution in [2.24, 2.45) is 0 Å². The zero-order valence-corrected chi connectivity index (χ0v) is 17.1. The third kappa shape index (κ3) is 5.88. The zero-order chi connectivity index (χ0) is 20.0. The molecule has 0 unspecified atom stereocenters. The number of thiol groups is 1. The Morgan fingerprint density at radius 3 is 2.37 bits per heavy atom. The van der Waals surface area contributed by atoms with E-state index in [2.05, 4.69) is 22.9 Å². The lowest BCUT2D eigenvalue weighted by Crippen LogP contribution is -2.35. The summed E-state index contributed by atoms with van der Waals surface area (Å²) in [6, 6.07) is 11.4. The summed E-state index contributed by atoms with van der Waals surface area (Å²) in [5.74, 6) is 0.524. The van der Waals surface area contributed by atoms with Gasteiger partial charge in [0, 0.05) is 13.1 Å². The van der Waals surface area contributed by atoms with Gasteiger partial charge in [-0.1, -0.05) is 36.6 Å². The monoisotopic (exact) mass is 409 g/mol. The molecule has 0 aromatic heterocycles. The lowest BCUT2D eigenvalue weighted by molar-refractivity contribution is 0.239. The van der Waals surface area contributed by atoms with E-state index in [4.69, 9.17) is 4.74 Å². The number of anilines is 1. The van der Waals surface area contributed by atoms with Crippen molar-refractivity contribution >= 4 is 34.6 Å². The maximum Gasteiger partial charge on any atom is 0.331 e. The first-order chi connectivity index (χ1) is 12.7. The molecule has 2 N–H and O–H groups in total. The van der Waals surface area contributed by atoms with Gasteiger partial charge >= 0.3 is 6.03 Å². The molecule has 146 valence electrons. The molecule has 9 heteroatoms. The van der Waals surface area contributed by atoms with Crippen LogP contribution in [0.4, 0.5) is 10.5 Å². The smallest absolute Gasteiger partial charge is 0.331 e. The first-order valence-corrected chi connectivity index (χ1v) is 10.1. The minimum atomic E-state index is -3.64. The maximum atomic E-state index is 12.3. The highest BCUT2D eigenvalue weighted by atomic mass is 32.2. The number of methoxy groups -OCH3 is 1. The van der Waals surface area contributed by atoms with E-state index >= 15 is 0 Å². The highest BCUT2D eigenvalue weighted by molar-refractivity contribution is 7.89. The number of carbonyl (C=O) groups is 1. The van der Waals surface area contributed by atoms with Crippen LogP contribution in [0.1, 0.15) is 11.1 Å². The summed E-state index contributed by atoms with van der Waals surface area (Å²) in [4.78, 5) is 12.4. The van der Waals surface area contributed by atoms with Crippen LogP contribution in [0.25, 0.3) is 0 Å². The Kier molecular flexibility index (Phi) is 7.11. The van der Waals surface area contributed by atoms with E-state index < -0.39 is 16.1 Å². The summed E-state index contributed by atoms with van der Waals surface area (Å²) in [5.41, 5.74) is 2.45. The summed E-state index contributed by atoms with van der Waals surface area (Å²) >= 11 is 4.12. The zero-order valence-electron chi connectivity index (χ0n) is 15.4. The SMILES string of the molecule is COc1ccc(C)cc1NC(=O)N(S)CCNS(=O)(=O)c1ccc(C)cc1. The topological polar surface area (TPSA) is 87.7 Å². The van der Waals surface area contributed by atoms with E-state index in [1.807, 2.05) is 19.9 Å². The van der Waals surface area contributed by atoms with Crippen LogP contribution < -0.4 is 14.8 Å². The number of hydrogen-bond donors (Lipinski definition) is 3. The molecule has 0 bridgehead atoms. The molecule has 0 spiro atoms. The number of rotatable bonds is 7. The summed E-state index contributed by atoms with van der Waals surface area (Å²) in [6.07, 6.45) is 0. The summed E-state index contributed by atoms with van der Waals surface area (Å²) in [7, 11) is -2.12. The van der Waals surface area contributed by atoms with E-state index in [0.717, 1.165) is 15.4 Å². The first-order valence-electron chi connectivity index (χ1n) is 8.21. The Hall–Kier alpha value is -2.23. The number of benzene rings is 2. The number of sulfonamides is 1. The van der Waals surface area contributed by atoms with Gasteiger partial charge in [-0.15, -0.1) is 0 Å². The third-order valence-electron chi connectivity index (χ3n) is 3.78. The Balaban J connectivity index is 1.91. The van der Waals surface area contributed by atoms with E-state index in [9.17, 15) is 13.2 Å². The molecule has 0 heterocycles. The minimum Gasteiger partial charge on any atom is -0.495 e. The largest absolute Gasteiger partial charge is 0.495 e. The van der Waals surface area contributed by atoms with Crippen LogP contribution in [0.2, 0.25) is 0 Å². The Morgan fingerprint density at radius 2 is 1.74 bits per heavy atom. The molecule has 0 fully saturated rings. The fourth-order valence-corrected chi connectivity index (χ4v) is 3.46. The first kappa shape index (κ1) is 21.1. The van der Waals surface area contributed by atoms with Crippen molar-refractivity contribution in [3.8, 4) is 5.75 Å². The molecule has 27 heavy (non-hydrogen) atoms. The maximum absolute atomic E-state index is 12.3. The molecular formula is C18H23N3O4S2. The average Bonchev–Trinajstić information content (AvgIpc) is 2.62. The molecule has 7 nitrogen and oxygen atoms in total. The second-order valence-corrected chi connectivity index (χ2v) is 8.22. The van der Waals surface area contributed by atoms with Crippen molar-refractivity contribution in [2.45, 2.75) is 18.7 Å². The lowest BCUT2D eigenvalue weighted by Gasteiger charge is -2.18. The van der Waals surface area contributed by atoms with E-state index in [0.29, 0.717) is 11.4 Å². The van der Waals surface area contributed by atoms with Crippen LogP contribution in [-0.4, -0.2) is 39.0 Å². The van der Waals surface area contributed by atoms with Gasteiger partial charge in [-0.2, -0.15) is 0 Å². The number of aryl methyl sites for hydroxylation is 2. The standard InChI is InChI=1S/C18H23N3O4S2/c1-13-4-7-15(8-5-13)27(23,24)19-10-11-21(26)18(22)20-16-12-14(2)6-9-17(16)25-3/h4-9,12,19,26H,10-11H2,1-3H3,(H,20,22). The summed E-state index contributed by atoms with van der Waals surface area (Å²) < 4.78 is 33.2. The van der Waals surface area contributed by atoms with Crippen LogP contribution in [0.5, 0.6) is 5.75 Å². The Morgan fingerprint density at radius 1 is 1.11 bits per heavy atom. The van der Waals surface area contributed by atoms with E-state index in [1.165, 1.54) is 19.2 Å². The van der Waals surface area contributed by atoms with Crippen LogP contribution in [0.3, 0.4) is 0 Å². The van der Waals surface area contributed by atoms with Gasteiger partial charge < -0.3 is 10.1 Å². The second kappa shape index (κ2) is 9.12. The lowest BCUT2D eigenvalue weighted by atomic mass is 10.2. The van der Waals surface area contributed by atoms with Crippen LogP contribution in [-0.2, 0) is 10.0 Å². The van der Waals surface area contributed by atoms with Crippen molar-refractivity contribution < 1.29 is 17.9 Å². The molecular weight excluding hydrogens is 386 g/mol. The van der Waals surface area contributed by atoms with Crippen molar-refractivity contribution in [1.82, 2.24) is 9.03 Å². The summed E-state index contributed by atoms with van der Waals surface area (Å²) in [5, 5.41) is 2.70. The average molecular weight is 410 g/mol. The van der Waals surface area contributed by atoms with Gasteiger partial charge in [0.2, 0.25) is 10.0 Å². The molecule has 0 atom stereocenters. The Bertz CT molecular complexity index is 899. The normalized spacial score (nSPS) is 11.1. The fraction of sp³-hybridized carbons (Fsp3) is 0.278. The fourth-order valence-electron chi connectivity index (χ4n) is 2.29. The quantitative estimate of drug-likeness (QED) is 0.614. The molecule has 0 aliphatic carbocycles. The second-order valence-electron chi connectivity index (χ2n) is 5.97. The van der Waals surface area contributed by atoms with Gasteiger partial charge in [0.25, 0.3) is 0 Å². The number of amides is 2. The van der Waals surface area contributed by atoms with E-state index in [1.54, 1.807) is 24.3 Å². The van der Waals surface area contributed by atoms with Crippen LogP contribution >= 0.6 is 12.8 Å². The molecule has 0 saturated carbocycles. The number of nitrogens with zero attached hydrogens (tertiary/aromatic N) is 1. The van der Waals surface area contributed by atoms with Gasteiger partial charge in [-0.25, -0.2) is 17.9 Å². The third-order valence-corrected chi connectivity index (χ3v) is 5.64. The number of urea groups is 1. The van der Waals surface area contributed by atoms with E-state index in [-0.39, 0.29) is 18.0 Å². The van der Waals surface area contributed by atoms with Crippen molar-refractivity contribution in [1.29, 1.82) is 0 Å². The van der Waals surface area contributed by atoms with Crippen molar-refractivity contribution in [2.75, 3.05) is 25.5 Å². The molecule has 2 aromatic carbocycles. The van der Waals surface area contributed by atoms with Gasteiger partial charge in [0.1, 0.15) is 5.75 Å². The number of nitrogens with one attached hydrogen (secondary N) is 2. The highest BCUT2D eigenvalue weighted by Gasteiger charge is 2.16. The van der Waals surface area contributed by atoms with Gasteiger partial charge in [-0.3, -0.25) is 4.31 Å². The molecule has 2 aromatic rings. The molecule has 0 saturated heterocycles. The molecule has 2 amide bonds. The van der Waals surface area contributed by atoms with Gasteiger partial charge in [-0.05, 0) is 43.7 Å². The van der Waals surface area contributed by atoms with Gasteiger partial charge in [0.05, 0.1) is 17.7 Å². The molecule has 2 rings (SSSR count). The molecule has 0 aliphatic heterocycles. The molecule has 0 aliphatic rings. The van der Waals surface area contributed by atoms with Crippen LogP contribution in [0.15, 0.2) is 47.4 Å². The molecule has 0 radical (unpaired) electrons. The Labute approximate surface area is 165 Å². The number of hydrogen-bond acceptors (Lipinski definition) is 5. The highest BCUT2D eigenvalue weighted by Crippen LogP contribution is 2.25. The van der Waals surface area contributed by atoms with Crippen molar-refractivity contribution in [3.05, 3.63) is 53.6 Å². The number of ether oxygens (including phenoxy) is 1. The minimum absolute atomic E-state index is 0.0259. The van der Waals surface area contributed by atoms with Crippen LogP contribution in [0, 0.1) is 13.8 Å². The van der Waals surface area contributed by atoms with Gasteiger partial charge in [0.15, 0.2) is 0 Å². The summed E-state index contributed by atoms with van der Waals surface area (Å²) in [6.45, 7) is 3.88. The predicted molar refractivity (Wildman–Crippen MR) is 109 cm³/mol. The van der Waals surface area contributed by atoms with Crippen molar-refractivity contribution in [3.63, 3.8) is 0 Å². The predicted octanol–water partition coefficient (Wildman–Crippen LogP) is 2.97. The number of carbonyl (C=O) groups excluding carboxylic acids is 1.